The van der Waals surface area contributed by atoms with Gasteiger partial charge in [-0.3, -0.25) is 0 Å². The van der Waals surface area contributed by atoms with Crippen molar-refractivity contribution in [3.63, 3.8) is 0 Å². The van der Waals surface area contributed by atoms with Gasteiger partial charge < -0.3 is 10.6 Å². The second-order valence-electron chi connectivity index (χ2n) is 5.13. The van der Waals surface area contributed by atoms with Crippen molar-refractivity contribution in [2.24, 2.45) is 5.73 Å². The second kappa shape index (κ2) is 4.46. The zero-order chi connectivity index (χ0) is 11.7. The molecule has 0 fully saturated rings. The third-order valence-corrected chi connectivity index (χ3v) is 3.33. The number of anilines is 1. The van der Waals surface area contributed by atoms with Crippen molar-refractivity contribution in [1.82, 2.24) is 0 Å². The lowest BCUT2D eigenvalue weighted by Crippen LogP contribution is -2.28. The lowest BCUT2D eigenvalue weighted by Gasteiger charge is -2.24. The quantitative estimate of drug-likeness (QED) is 0.844. The molecule has 2 rings (SSSR count). The van der Waals surface area contributed by atoms with E-state index in [1.807, 2.05) is 0 Å². The molecule has 1 aromatic carbocycles. The standard InChI is InChI=1S/C14H22N2/c1-10(2)16-8-7-13-12(9-11(3)15)5-4-6-14(13)16/h4-6,10-11H,7-9,15H2,1-3H3. The van der Waals surface area contributed by atoms with Crippen molar-refractivity contribution in [2.45, 2.75) is 45.7 Å². The number of benzene rings is 1. The molecule has 0 saturated heterocycles. The summed E-state index contributed by atoms with van der Waals surface area (Å²) >= 11 is 0. The maximum Gasteiger partial charge on any atom is 0.0404 e. The van der Waals surface area contributed by atoms with Crippen molar-refractivity contribution in [2.75, 3.05) is 11.4 Å². The highest BCUT2D eigenvalue weighted by Crippen LogP contribution is 2.32. The number of fused-ring (bicyclic) bond motifs is 1. The molecule has 1 aliphatic heterocycles. The van der Waals surface area contributed by atoms with Crippen molar-refractivity contribution in [3.8, 4) is 0 Å². The molecule has 1 unspecified atom stereocenters. The van der Waals surface area contributed by atoms with Crippen LogP contribution in [0.1, 0.15) is 31.9 Å². The molecule has 1 aliphatic rings. The Balaban J connectivity index is 2.32. The predicted octanol–water partition coefficient (Wildman–Crippen LogP) is 2.35. The normalized spacial score (nSPS) is 16.7. The van der Waals surface area contributed by atoms with E-state index < -0.39 is 0 Å². The highest BCUT2D eigenvalue weighted by molar-refractivity contribution is 5.61. The maximum atomic E-state index is 5.90. The minimum atomic E-state index is 0.250. The summed E-state index contributed by atoms with van der Waals surface area (Å²) in [7, 11) is 0. The summed E-state index contributed by atoms with van der Waals surface area (Å²) in [6.07, 6.45) is 2.17. The van der Waals surface area contributed by atoms with E-state index in [4.69, 9.17) is 5.73 Å². The first-order chi connectivity index (χ1) is 7.59. The first-order valence-electron chi connectivity index (χ1n) is 6.22. The summed E-state index contributed by atoms with van der Waals surface area (Å²) in [6.45, 7) is 7.75. The molecule has 2 heteroatoms. The molecule has 1 heterocycles. The minimum absolute atomic E-state index is 0.250. The van der Waals surface area contributed by atoms with Crippen LogP contribution in [-0.2, 0) is 12.8 Å². The monoisotopic (exact) mass is 218 g/mol. The summed E-state index contributed by atoms with van der Waals surface area (Å²) in [6, 6.07) is 7.47. The Morgan fingerprint density at radius 2 is 2.06 bits per heavy atom. The van der Waals surface area contributed by atoms with Crippen LogP contribution >= 0.6 is 0 Å². The minimum Gasteiger partial charge on any atom is -0.369 e. The van der Waals surface area contributed by atoms with Crippen LogP contribution in [0.25, 0.3) is 0 Å². The van der Waals surface area contributed by atoms with E-state index in [0.29, 0.717) is 6.04 Å². The number of hydrogen-bond acceptors (Lipinski definition) is 2. The van der Waals surface area contributed by atoms with E-state index in [2.05, 4.69) is 43.9 Å². The predicted molar refractivity (Wildman–Crippen MR) is 70.0 cm³/mol. The molecular weight excluding hydrogens is 196 g/mol. The van der Waals surface area contributed by atoms with Crippen LogP contribution in [0.3, 0.4) is 0 Å². The Morgan fingerprint density at radius 3 is 2.69 bits per heavy atom. The van der Waals surface area contributed by atoms with Gasteiger partial charge in [0, 0.05) is 24.3 Å². The molecule has 2 nitrogen and oxygen atoms in total. The summed E-state index contributed by atoms with van der Waals surface area (Å²) < 4.78 is 0. The zero-order valence-corrected chi connectivity index (χ0v) is 10.5. The Bertz CT molecular complexity index is 369. The molecule has 0 amide bonds. The summed E-state index contributed by atoms with van der Waals surface area (Å²) in [5, 5.41) is 0. The molecule has 88 valence electrons. The van der Waals surface area contributed by atoms with Crippen LogP contribution in [0.5, 0.6) is 0 Å². The Morgan fingerprint density at radius 1 is 1.31 bits per heavy atom. The van der Waals surface area contributed by atoms with Gasteiger partial charge in [0.1, 0.15) is 0 Å². The Labute approximate surface area is 98.4 Å². The van der Waals surface area contributed by atoms with E-state index in [9.17, 15) is 0 Å². The molecule has 0 spiro atoms. The Hall–Kier alpha value is -1.02. The van der Waals surface area contributed by atoms with Gasteiger partial charge in [0.15, 0.2) is 0 Å². The van der Waals surface area contributed by atoms with Crippen LogP contribution in [0.15, 0.2) is 18.2 Å². The molecule has 1 aromatic rings. The van der Waals surface area contributed by atoms with Crippen LogP contribution in [0, 0.1) is 0 Å². The highest BCUT2D eigenvalue weighted by Gasteiger charge is 2.23. The lowest BCUT2D eigenvalue weighted by molar-refractivity contribution is 0.709. The average Bonchev–Trinajstić information content (AvgIpc) is 2.61. The van der Waals surface area contributed by atoms with Gasteiger partial charge in [-0.15, -0.1) is 0 Å². The Kier molecular flexibility index (Phi) is 3.20. The number of rotatable bonds is 3. The zero-order valence-electron chi connectivity index (χ0n) is 10.5. The fourth-order valence-corrected chi connectivity index (χ4v) is 2.61. The second-order valence-corrected chi connectivity index (χ2v) is 5.13. The van der Waals surface area contributed by atoms with Gasteiger partial charge in [-0.05, 0) is 50.8 Å². The number of nitrogens with two attached hydrogens (primary N) is 1. The van der Waals surface area contributed by atoms with Gasteiger partial charge in [0.25, 0.3) is 0 Å². The summed E-state index contributed by atoms with van der Waals surface area (Å²) in [4.78, 5) is 2.49. The average molecular weight is 218 g/mol. The number of nitrogens with zero attached hydrogens (tertiary/aromatic N) is 1. The fraction of sp³-hybridized carbons (Fsp3) is 0.571. The molecule has 0 saturated carbocycles. The summed E-state index contributed by atoms with van der Waals surface area (Å²) in [5.74, 6) is 0. The van der Waals surface area contributed by atoms with E-state index in [0.717, 1.165) is 13.0 Å². The molecular formula is C14H22N2. The van der Waals surface area contributed by atoms with E-state index in [1.165, 1.54) is 23.2 Å². The van der Waals surface area contributed by atoms with Crippen molar-refractivity contribution in [3.05, 3.63) is 29.3 Å². The molecule has 16 heavy (non-hydrogen) atoms. The van der Waals surface area contributed by atoms with Crippen molar-refractivity contribution < 1.29 is 0 Å². The highest BCUT2D eigenvalue weighted by atomic mass is 15.2. The lowest BCUT2D eigenvalue weighted by atomic mass is 9.99. The van der Waals surface area contributed by atoms with Crippen molar-refractivity contribution in [1.29, 1.82) is 0 Å². The largest absolute Gasteiger partial charge is 0.369 e. The van der Waals surface area contributed by atoms with E-state index >= 15 is 0 Å². The first kappa shape index (κ1) is 11.5. The van der Waals surface area contributed by atoms with E-state index in [1.54, 1.807) is 0 Å². The van der Waals surface area contributed by atoms with Gasteiger partial charge in [-0.25, -0.2) is 0 Å². The van der Waals surface area contributed by atoms with Gasteiger partial charge in [-0.2, -0.15) is 0 Å². The maximum absolute atomic E-state index is 5.90. The third kappa shape index (κ3) is 2.07. The molecule has 0 aromatic heterocycles. The molecule has 0 bridgehead atoms. The molecule has 0 radical (unpaired) electrons. The third-order valence-electron chi connectivity index (χ3n) is 3.33. The number of hydrogen-bond donors (Lipinski definition) is 1. The molecule has 2 N–H and O–H groups in total. The van der Waals surface area contributed by atoms with Gasteiger partial charge in [0.2, 0.25) is 0 Å². The van der Waals surface area contributed by atoms with Crippen LogP contribution < -0.4 is 10.6 Å². The molecule has 1 atom stereocenters. The summed E-state index contributed by atoms with van der Waals surface area (Å²) in [5.41, 5.74) is 10.3. The topological polar surface area (TPSA) is 29.3 Å². The molecule has 0 aliphatic carbocycles. The van der Waals surface area contributed by atoms with Crippen LogP contribution in [0.2, 0.25) is 0 Å². The van der Waals surface area contributed by atoms with Crippen LogP contribution in [0.4, 0.5) is 5.69 Å². The van der Waals surface area contributed by atoms with E-state index in [-0.39, 0.29) is 6.04 Å². The van der Waals surface area contributed by atoms with Crippen LogP contribution in [-0.4, -0.2) is 18.6 Å². The SMILES string of the molecule is CC(N)Cc1cccc2c1CCN2C(C)C. The smallest absolute Gasteiger partial charge is 0.0404 e. The van der Waals surface area contributed by atoms with Gasteiger partial charge in [-0.1, -0.05) is 12.1 Å². The van der Waals surface area contributed by atoms with Gasteiger partial charge in [0.05, 0.1) is 0 Å². The van der Waals surface area contributed by atoms with Gasteiger partial charge >= 0.3 is 0 Å². The first-order valence-corrected chi connectivity index (χ1v) is 6.22. The van der Waals surface area contributed by atoms with Crippen molar-refractivity contribution >= 4 is 5.69 Å². The fourth-order valence-electron chi connectivity index (χ4n) is 2.61.